The fourth-order valence-corrected chi connectivity index (χ4v) is 2.99. The van der Waals surface area contributed by atoms with E-state index in [9.17, 15) is 4.79 Å². The van der Waals surface area contributed by atoms with Gasteiger partial charge in [0.15, 0.2) is 5.96 Å². The highest BCUT2D eigenvalue weighted by Crippen LogP contribution is 2.28. The molecule has 0 bridgehead atoms. The zero-order chi connectivity index (χ0) is 17.0. The van der Waals surface area contributed by atoms with Gasteiger partial charge in [0.05, 0.1) is 11.3 Å². The van der Waals surface area contributed by atoms with E-state index < -0.39 is 0 Å². The van der Waals surface area contributed by atoms with Crippen LogP contribution in [0.2, 0.25) is 0 Å². The molecule has 1 aliphatic heterocycles. The second kappa shape index (κ2) is 7.13. The molecule has 1 saturated heterocycles. The van der Waals surface area contributed by atoms with E-state index in [4.69, 9.17) is 17.2 Å². The van der Waals surface area contributed by atoms with Gasteiger partial charge in [0.2, 0.25) is 5.96 Å². The summed E-state index contributed by atoms with van der Waals surface area (Å²) >= 11 is 0. The summed E-state index contributed by atoms with van der Waals surface area (Å²) in [4.78, 5) is 22.8. The Kier molecular flexibility index (Phi) is 5.20. The third-order valence-corrected chi connectivity index (χ3v) is 4.04. The van der Waals surface area contributed by atoms with E-state index in [-0.39, 0.29) is 29.9 Å². The number of carbonyl (C=O) groups is 1. The molecule has 1 aromatic rings. The molecule has 124 valence electrons. The Morgan fingerprint density at radius 1 is 1.13 bits per heavy atom. The average Bonchev–Trinajstić information content (AvgIpc) is 2.46. The lowest BCUT2D eigenvalue weighted by atomic mass is 9.96. The van der Waals surface area contributed by atoms with E-state index in [1.165, 1.54) is 0 Å². The summed E-state index contributed by atoms with van der Waals surface area (Å²) in [6, 6.07) is 7.49. The largest absolute Gasteiger partial charge is 0.370 e. The van der Waals surface area contributed by atoms with Gasteiger partial charge in [-0.1, -0.05) is 12.1 Å². The minimum atomic E-state index is -0.173. The molecule has 0 radical (unpaired) electrons. The molecule has 0 aromatic heterocycles. The molecule has 1 aromatic carbocycles. The maximum Gasteiger partial charge on any atom is 0.256 e. The minimum Gasteiger partial charge on any atom is -0.370 e. The summed E-state index contributed by atoms with van der Waals surface area (Å²) in [5.74, 6) is -0.292. The number of nitrogens with two attached hydrogens (primary N) is 3. The first kappa shape index (κ1) is 16.8. The van der Waals surface area contributed by atoms with Crippen molar-refractivity contribution in [3.8, 4) is 0 Å². The zero-order valence-corrected chi connectivity index (χ0v) is 13.6. The van der Waals surface area contributed by atoms with Crippen LogP contribution in [0.3, 0.4) is 0 Å². The molecular formula is C16H24N6O. The molecule has 2 unspecified atom stereocenters. The van der Waals surface area contributed by atoms with Gasteiger partial charge in [-0.25, -0.2) is 4.99 Å². The van der Waals surface area contributed by atoms with Crippen LogP contribution < -0.4 is 17.2 Å². The van der Waals surface area contributed by atoms with Crippen molar-refractivity contribution < 1.29 is 4.79 Å². The van der Waals surface area contributed by atoms with Crippen molar-refractivity contribution >= 4 is 23.5 Å². The summed E-state index contributed by atoms with van der Waals surface area (Å²) in [6.07, 6.45) is 3.17. The molecular weight excluding hydrogens is 292 g/mol. The third-order valence-electron chi connectivity index (χ3n) is 4.04. The van der Waals surface area contributed by atoms with Gasteiger partial charge in [-0.15, -0.1) is 0 Å². The number of guanidine groups is 2. The molecule has 7 nitrogen and oxygen atoms in total. The molecule has 1 amide bonds. The highest BCUT2D eigenvalue weighted by molar-refractivity contribution is 6.01. The van der Waals surface area contributed by atoms with E-state index in [0.717, 1.165) is 19.3 Å². The third kappa shape index (κ3) is 4.00. The predicted octanol–water partition coefficient (Wildman–Crippen LogP) is 1.31. The van der Waals surface area contributed by atoms with Crippen molar-refractivity contribution in [3.63, 3.8) is 0 Å². The fraction of sp³-hybridized carbons (Fsp3) is 0.438. The molecule has 0 spiro atoms. The van der Waals surface area contributed by atoms with Crippen molar-refractivity contribution in [2.75, 3.05) is 0 Å². The molecule has 2 atom stereocenters. The number of piperidine rings is 1. The van der Waals surface area contributed by atoms with Crippen LogP contribution in [-0.4, -0.2) is 34.8 Å². The van der Waals surface area contributed by atoms with Crippen molar-refractivity contribution in [3.05, 3.63) is 29.8 Å². The predicted molar refractivity (Wildman–Crippen MR) is 92.5 cm³/mol. The van der Waals surface area contributed by atoms with Crippen LogP contribution in [0.1, 0.15) is 43.5 Å². The number of likely N-dealkylation sites (tertiary alicyclic amines) is 1. The zero-order valence-electron chi connectivity index (χ0n) is 13.6. The number of nitrogens with zero attached hydrogens (tertiary/aromatic N) is 3. The number of aliphatic imine (C=N–C) groups is 2. The number of para-hydroxylation sites is 1. The lowest BCUT2D eigenvalue weighted by Crippen LogP contribution is -2.47. The second-order valence-corrected chi connectivity index (χ2v) is 5.87. The van der Waals surface area contributed by atoms with Crippen molar-refractivity contribution in [2.24, 2.45) is 27.2 Å². The molecule has 1 fully saturated rings. The Bertz CT molecular complexity index is 625. The minimum absolute atomic E-state index is 0.0402. The number of amides is 1. The van der Waals surface area contributed by atoms with Crippen LogP contribution in [0.5, 0.6) is 0 Å². The van der Waals surface area contributed by atoms with Gasteiger partial charge in [0, 0.05) is 12.1 Å². The summed E-state index contributed by atoms with van der Waals surface area (Å²) in [5, 5.41) is 0. The highest BCUT2D eigenvalue weighted by atomic mass is 16.2. The topological polar surface area (TPSA) is 123 Å². The first-order valence-corrected chi connectivity index (χ1v) is 7.75. The average molecular weight is 316 g/mol. The Balaban J connectivity index is 2.36. The number of hydrogen-bond acceptors (Lipinski definition) is 2. The van der Waals surface area contributed by atoms with E-state index in [2.05, 4.69) is 23.8 Å². The van der Waals surface area contributed by atoms with E-state index in [1.54, 1.807) is 18.2 Å². The van der Waals surface area contributed by atoms with Crippen LogP contribution in [0.4, 0.5) is 5.69 Å². The molecule has 2 rings (SSSR count). The van der Waals surface area contributed by atoms with Crippen molar-refractivity contribution in [1.82, 2.24) is 4.90 Å². The Hall–Kier alpha value is -2.57. The fourth-order valence-electron chi connectivity index (χ4n) is 2.99. The first-order valence-electron chi connectivity index (χ1n) is 7.75. The van der Waals surface area contributed by atoms with Gasteiger partial charge in [0.1, 0.15) is 0 Å². The second-order valence-electron chi connectivity index (χ2n) is 5.87. The number of rotatable bonds is 2. The van der Waals surface area contributed by atoms with E-state index >= 15 is 0 Å². The normalized spacial score (nSPS) is 21.8. The van der Waals surface area contributed by atoms with Gasteiger partial charge in [0.25, 0.3) is 5.91 Å². The lowest BCUT2D eigenvalue weighted by molar-refractivity contribution is 0.0511. The monoisotopic (exact) mass is 316 g/mol. The Morgan fingerprint density at radius 3 is 2.35 bits per heavy atom. The van der Waals surface area contributed by atoms with Crippen LogP contribution in [0, 0.1) is 0 Å². The quantitative estimate of drug-likeness (QED) is 0.562. The molecule has 1 heterocycles. The number of carbonyl (C=O) groups excluding carboxylic acids is 1. The summed E-state index contributed by atoms with van der Waals surface area (Å²) in [7, 11) is 0. The summed E-state index contributed by atoms with van der Waals surface area (Å²) < 4.78 is 0. The number of hydrogen-bond donors (Lipinski definition) is 3. The maximum atomic E-state index is 13.0. The molecule has 23 heavy (non-hydrogen) atoms. The van der Waals surface area contributed by atoms with Gasteiger partial charge in [-0.3, -0.25) is 4.79 Å². The van der Waals surface area contributed by atoms with Gasteiger partial charge in [-0.05, 0) is 45.2 Å². The maximum absolute atomic E-state index is 13.0. The lowest BCUT2D eigenvalue weighted by Gasteiger charge is -2.39. The first-order chi connectivity index (χ1) is 10.9. The SMILES string of the molecule is CC1CCCC(C)N1C(=O)c1ccccc1N=C(N)N=C(N)N. The van der Waals surface area contributed by atoms with Crippen LogP contribution >= 0.6 is 0 Å². The summed E-state index contributed by atoms with van der Waals surface area (Å²) in [5.41, 5.74) is 17.2. The Labute approximate surface area is 136 Å². The highest BCUT2D eigenvalue weighted by Gasteiger charge is 2.30. The van der Waals surface area contributed by atoms with Crippen LogP contribution in [0.15, 0.2) is 34.3 Å². The molecule has 0 aliphatic carbocycles. The molecule has 0 saturated carbocycles. The van der Waals surface area contributed by atoms with Crippen molar-refractivity contribution in [1.29, 1.82) is 0 Å². The van der Waals surface area contributed by atoms with Gasteiger partial charge < -0.3 is 22.1 Å². The summed E-state index contributed by atoms with van der Waals surface area (Å²) in [6.45, 7) is 4.15. The van der Waals surface area contributed by atoms with E-state index in [1.807, 2.05) is 11.0 Å². The van der Waals surface area contributed by atoms with Crippen LogP contribution in [-0.2, 0) is 0 Å². The van der Waals surface area contributed by atoms with E-state index in [0.29, 0.717) is 11.3 Å². The molecule has 7 heteroatoms. The van der Waals surface area contributed by atoms with Crippen LogP contribution in [0.25, 0.3) is 0 Å². The van der Waals surface area contributed by atoms with Gasteiger partial charge in [-0.2, -0.15) is 4.99 Å². The number of benzene rings is 1. The van der Waals surface area contributed by atoms with Gasteiger partial charge >= 0.3 is 0 Å². The molecule has 1 aliphatic rings. The standard InChI is InChI=1S/C16H24N6O/c1-10-6-5-7-11(2)22(10)14(23)12-8-3-4-9-13(12)20-16(19)21-15(17)18/h3-4,8-11H,5-7H2,1-2H3,(H6,17,18,19,20,21). The van der Waals surface area contributed by atoms with Crippen molar-refractivity contribution in [2.45, 2.75) is 45.2 Å². The smallest absolute Gasteiger partial charge is 0.256 e. The molecule has 6 N–H and O–H groups in total. The Morgan fingerprint density at radius 2 is 1.74 bits per heavy atom.